The Balaban J connectivity index is 1.85. The van der Waals surface area contributed by atoms with Crippen LogP contribution in [0.1, 0.15) is 6.92 Å². The first kappa shape index (κ1) is 15.7. The molecule has 1 atom stereocenters. The van der Waals surface area contributed by atoms with Crippen LogP contribution in [0.3, 0.4) is 0 Å². The molecule has 0 aromatic heterocycles. The molecule has 1 aromatic carbocycles. The molecule has 0 saturated carbocycles. The summed E-state index contributed by atoms with van der Waals surface area (Å²) in [5.41, 5.74) is 5.66. The van der Waals surface area contributed by atoms with Crippen LogP contribution in [-0.4, -0.2) is 49.7 Å². The lowest BCUT2D eigenvalue weighted by Crippen LogP contribution is -2.44. The molecule has 2 rings (SSSR count). The van der Waals surface area contributed by atoms with Crippen molar-refractivity contribution in [3.05, 3.63) is 29.8 Å². The van der Waals surface area contributed by atoms with Gasteiger partial charge in [-0.05, 0) is 19.1 Å². The number of nitrogens with two attached hydrogens (primary N) is 1. The van der Waals surface area contributed by atoms with Gasteiger partial charge in [0.2, 0.25) is 0 Å². The van der Waals surface area contributed by atoms with Gasteiger partial charge in [-0.15, -0.1) is 0 Å². The van der Waals surface area contributed by atoms with Crippen LogP contribution in [0, 0.1) is 11.6 Å². The topological polar surface area (TPSA) is 62.9 Å². The van der Waals surface area contributed by atoms with Crippen molar-refractivity contribution < 1.29 is 13.5 Å². The highest BCUT2D eigenvalue weighted by molar-refractivity contribution is 5.92. The minimum atomic E-state index is -0.573. The normalized spacial score (nSPS) is 20.5. The van der Waals surface area contributed by atoms with E-state index in [2.05, 4.69) is 22.1 Å². The lowest BCUT2D eigenvalue weighted by Gasteiger charge is -2.32. The second kappa shape index (κ2) is 7.33. The highest BCUT2D eigenvalue weighted by Gasteiger charge is 2.17. The number of halogens is 2. The van der Waals surface area contributed by atoms with Crippen LogP contribution in [0.15, 0.2) is 23.2 Å². The highest BCUT2D eigenvalue weighted by Crippen LogP contribution is 2.14. The van der Waals surface area contributed by atoms with Crippen LogP contribution in [0.25, 0.3) is 0 Å². The van der Waals surface area contributed by atoms with Gasteiger partial charge >= 0.3 is 0 Å². The van der Waals surface area contributed by atoms with E-state index in [1.165, 1.54) is 0 Å². The maximum atomic E-state index is 13.4. The number of anilines is 1. The summed E-state index contributed by atoms with van der Waals surface area (Å²) in [7, 11) is 0. The lowest BCUT2D eigenvalue weighted by molar-refractivity contribution is 0.00142. The molecule has 1 fully saturated rings. The van der Waals surface area contributed by atoms with Gasteiger partial charge in [0.15, 0.2) is 5.96 Å². The molecule has 0 amide bonds. The maximum absolute atomic E-state index is 13.4. The predicted molar refractivity (Wildman–Crippen MR) is 78.3 cm³/mol. The van der Waals surface area contributed by atoms with Crippen LogP contribution < -0.4 is 11.1 Å². The fourth-order valence-corrected chi connectivity index (χ4v) is 2.16. The van der Waals surface area contributed by atoms with Gasteiger partial charge in [-0.2, -0.15) is 0 Å². The Kier molecular flexibility index (Phi) is 5.46. The molecule has 0 radical (unpaired) electrons. The van der Waals surface area contributed by atoms with Crippen molar-refractivity contribution in [2.75, 3.05) is 38.2 Å². The second-order valence-electron chi connectivity index (χ2n) is 4.98. The number of hydrogen-bond donors (Lipinski definition) is 2. The molecule has 1 heterocycles. The van der Waals surface area contributed by atoms with Crippen molar-refractivity contribution in [2.45, 2.75) is 13.0 Å². The standard InChI is InChI=1S/C14H20F2N4O/c1-10-9-21-7-6-20(10)5-4-18-14(17)19-13-8-11(15)2-3-12(13)16/h2-3,8,10H,4-7,9H2,1H3,(H3,17,18,19). The minimum absolute atomic E-state index is 0.0176. The van der Waals surface area contributed by atoms with E-state index in [4.69, 9.17) is 10.5 Å². The first-order valence-electron chi connectivity index (χ1n) is 6.90. The first-order valence-corrected chi connectivity index (χ1v) is 6.90. The van der Waals surface area contributed by atoms with Gasteiger partial charge in [-0.25, -0.2) is 8.78 Å². The average Bonchev–Trinajstić information content (AvgIpc) is 2.45. The van der Waals surface area contributed by atoms with Gasteiger partial charge < -0.3 is 15.8 Å². The van der Waals surface area contributed by atoms with Crippen LogP contribution in [0.5, 0.6) is 0 Å². The summed E-state index contributed by atoms with van der Waals surface area (Å²) in [6.45, 7) is 5.62. The summed E-state index contributed by atoms with van der Waals surface area (Å²) in [6.07, 6.45) is 0. The molecule has 1 aliphatic heterocycles. The Hall–Kier alpha value is -1.73. The summed E-state index contributed by atoms with van der Waals surface area (Å²) in [5.74, 6) is -1.04. The van der Waals surface area contributed by atoms with Crippen LogP contribution in [0.4, 0.5) is 14.5 Å². The molecule has 21 heavy (non-hydrogen) atoms. The molecular formula is C14H20F2N4O. The quantitative estimate of drug-likeness (QED) is 0.652. The van der Waals surface area contributed by atoms with Gasteiger partial charge in [0.1, 0.15) is 11.6 Å². The number of ether oxygens (including phenoxy) is 1. The molecule has 1 aromatic rings. The summed E-state index contributed by atoms with van der Waals surface area (Å²) < 4.78 is 31.8. The second-order valence-corrected chi connectivity index (χ2v) is 4.98. The predicted octanol–water partition coefficient (Wildman–Crippen LogP) is 1.41. The first-order chi connectivity index (χ1) is 10.1. The third-order valence-electron chi connectivity index (χ3n) is 3.37. The summed E-state index contributed by atoms with van der Waals surface area (Å²) in [6, 6.07) is 3.49. The molecule has 1 saturated heterocycles. The van der Waals surface area contributed by atoms with Crippen molar-refractivity contribution in [3.8, 4) is 0 Å². The van der Waals surface area contributed by atoms with E-state index in [1.807, 2.05) is 0 Å². The lowest BCUT2D eigenvalue weighted by atomic mass is 10.2. The molecule has 0 bridgehead atoms. The van der Waals surface area contributed by atoms with E-state index in [0.717, 1.165) is 37.9 Å². The van der Waals surface area contributed by atoms with Crippen molar-refractivity contribution in [2.24, 2.45) is 10.7 Å². The summed E-state index contributed by atoms with van der Waals surface area (Å²) >= 11 is 0. The molecule has 1 aliphatic rings. The Bertz CT molecular complexity index is 510. The number of hydrogen-bond acceptors (Lipinski definition) is 3. The van der Waals surface area contributed by atoms with Crippen molar-refractivity contribution in [3.63, 3.8) is 0 Å². The van der Waals surface area contributed by atoms with Gasteiger partial charge in [0, 0.05) is 25.2 Å². The molecule has 1 unspecified atom stereocenters. The number of benzene rings is 1. The number of rotatable bonds is 4. The van der Waals surface area contributed by atoms with Crippen LogP contribution >= 0.6 is 0 Å². The Morgan fingerprint density at radius 3 is 3.10 bits per heavy atom. The van der Waals surface area contributed by atoms with Crippen molar-refractivity contribution >= 4 is 11.6 Å². The SMILES string of the molecule is CC1COCCN1CCN=C(N)Nc1cc(F)ccc1F. The van der Waals surface area contributed by atoms with Crippen molar-refractivity contribution in [1.82, 2.24) is 4.90 Å². The monoisotopic (exact) mass is 298 g/mol. The summed E-state index contributed by atoms with van der Waals surface area (Å²) in [5, 5.41) is 2.57. The summed E-state index contributed by atoms with van der Waals surface area (Å²) in [4.78, 5) is 6.38. The zero-order chi connectivity index (χ0) is 15.2. The number of nitrogens with zero attached hydrogens (tertiary/aromatic N) is 2. The van der Waals surface area contributed by atoms with Crippen molar-refractivity contribution in [1.29, 1.82) is 0 Å². The third-order valence-corrected chi connectivity index (χ3v) is 3.37. The zero-order valence-corrected chi connectivity index (χ0v) is 12.0. The molecule has 7 heteroatoms. The van der Waals surface area contributed by atoms with E-state index >= 15 is 0 Å². The molecular weight excluding hydrogens is 278 g/mol. The Morgan fingerprint density at radius 2 is 2.33 bits per heavy atom. The molecule has 0 spiro atoms. The van der Waals surface area contributed by atoms with Crippen LogP contribution in [0.2, 0.25) is 0 Å². The van der Waals surface area contributed by atoms with E-state index in [0.29, 0.717) is 19.2 Å². The number of morpholine rings is 1. The van der Waals surface area contributed by atoms with E-state index < -0.39 is 11.6 Å². The fraction of sp³-hybridized carbons (Fsp3) is 0.500. The minimum Gasteiger partial charge on any atom is -0.379 e. The highest BCUT2D eigenvalue weighted by atomic mass is 19.1. The smallest absolute Gasteiger partial charge is 0.193 e. The molecule has 5 nitrogen and oxygen atoms in total. The fourth-order valence-electron chi connectivity index (χ4n) is 2.16. The number of guanidine groups is 1. The Morgan fingerprint density at radius 1 is 1.52 bits per heavy atom. The number of aliphatic imine (C=N–C) groups is 1. The number of nitrogens with one attached hydrogen (secondary N) is 1. The zero-order valence-electron chi connectivity index (χ0n) is 12.0. The van der Waals surface area contributed by atoms with E-state index in [9.17, 15) is 8.78 Å². The average molecular weight is 298 g/mol. The van der Waals surface area contributed by atoms with Crippen LogP contribution in [-0.2, 0) is 4.74 Å². The van der Waals surface area contributed by atoms with E-state index in [1.54, 1.807) is 0 Å². The maximum Gasteiger partial charge on any atom is 0.193 e. The Labute approximate surface area is 122 Å². The largest absolute Gasteiger partial charge is 0.379 e. The van der Waals surface area contributed by atoms with Gasteiger partial charge in [-0.3, -0.25) is 9.89 Å². The molecule has 0 aliphatic carbocycles. The van der Waals surface area contributed by atoms with Gasteiger partial charge in [0.25, 0.3) is 0 Å². The molecule has 116 valence electrons. The van der Waals surface area contributed by atoms with E-state index in [-0.39, 0.29) is 11.6 Å². The molecule has 3 N–H and O–H groups in total. The van der Waals surface area contributed by atoms with Gasteiger partial charge in [0.05, 0.1) is 25.4 Å². The van der Waals surface area contributed by atoms with Gasteiger partial charge in [-0.1, -0.05) is 0 Å². The third kappa shape index (κ3) is 4.64.